The fourth-order valence-electron chi connectivity index (χ4n) is 3.58. The normalized spacial score (nSPS) is 17.9. The van der Waals surface area contributed by atoms with Gasteiger partial charge in [0, 0.05) is 48.9 Å². The van der Waals surface area contributed by atoms with Gasteiger partial charge in [-0.25, -0.2) is 0 Å². The molecule has 1 aliphatic heterocycles. The number of para-hydroxylation sites is 1. The molecule has 1 amide bonds. The molecule has 2 aromatic carbocycles. The molecule has 2 heterocycles. The number of amides is 1. The molecule has 1 unspecified atom stereocenters. The number of hydrogen-bond donors (Lipinski definition) is 2. The summed E-state index contributed by atoms with van der Waals surface area (Å²) in [5.41, 5.74) is 3.44. The third-order valence-electron chi connectivity index (χ3n) is 4.90. The molecule has 132 valence electrons. The Kier molecular flexibility index (Phi) is 4.84. The highest BCUT2D eigenvalue weighted by atomic mass is 16.1. The van der Waals surface area contributed by atoms with Gasteiger partial charge in [-0.2, -0.15) is 0 Å². The first-order valence-corrected chi connectivity index (χ1v) is 9.09. The highest BCUT2D eigenvalue weighted by Gasteiger charge is 2.23. The van der Waals surface area contributed by atoms with Crippen LogP contribution in [-0.2, 0) is 11.3 Å². The van der Waals surface area contributed by atoms with E-state index in [4.69, 9.17) is 0 Å². The van der Waals surface area contributed by atoms with Crippen LogP contribution in [0, 0.1) is 0 Å². The van der Waals surface area contributed by atoms with Crippen molar-refractivity contribution >= 4 is 22.9 Å². The Labute approximate surface area is 153 Å². The van der Waals surface area contributed by atoms with Crippen LogP contribution in [0.5, 0.6) is 0 Å². The van der Waals surface area contributed by atoms with Gasteiger partial charge in [0.1, 0.15) is 0 Å². The third-order valence-corrected chi connectivity index (χ3v) is 4.90. The Bertz CT molecular complexity index is 913. The molecule has 0 saturated carbocycles. The second kappa shape index (κ2) is 7.58. The van der Waals surface area contributed by atoms with Gasteiger partial charge in [-0.3, -0.25) is 9.69 Å². The summed E-state index contributed by atoms with van der Waals surface area (Å²) in [5, 5.41) is 4.26. The zero-order valence-electron chi connectivity index (χ0n) is 14.7. The van der Waals surface area contributed by atoms with Crippen LogP contribution in [0.3, 0.4) is 0 Å². The number of hydrogen-bond acceptors (Lipinski definition) is 2. The topological polar surface area (TPSA) is 48.1 Å². The fourth-order valence-corrected chi connectivity index (χ4v) is 3.58. The molecule has 3 aromatic rings. The van der Waals surface area contributed by atoms with Crippen molar-refractivity contribution in [1.82, 2.24) is 15.2 Å². The van der Waals surface area contributed by atoms with Crippen molar-refractivity contribution in [2.24, 2.45) is 0 Å². The molecule has 26 heavy (non-hydrogen) atoms. The first-order valence-electron chi connectivity index (χ1n) is 9.09. The predicted molar refractivity (Wildman–Crippen MR) is 106 cm³/mol. The molecule has 1 saturated heterocycles. The minimum absolute atomic E-state index is 0.0261. The number of aromatic amines is 1. The SMILES string of the molecule is O=C(C=Cc1c[nH]c2ccccc12)NC1CCN(Cc2ccccc2)C1. The van der Waals surface area contributed by atoms with E-state index in [9.17, 15) is 4.79 Å². The molecule has 0 radical (unpaired) electrons. The minimum Gasteiger partial charge on any atom is -0.361 e. The number of fused-ring (bicyclic) bond motifs is 1. The van der Waals surface area contributed by atoms with Crippen molar-refractivity contribution in [3.8, 4) is 0 Å². The number of aromatic nitrogens is 1. The average molecular weight is 345 g/mol. The molecule has 0 aliphatic carbocycles. The number of likely N-dealkylation sites (tertiary alicyclic amines) is 1. The Balaban J connectivity index is 1.31. The molecule has 1 aliphatic rings. The molecule has 4 nitrogen and oxygen atoms in total. The monoisotopic (exact) mass is 345 g/mol. The van der Waals surface area contributed by atoms with E-state index in [-0.39, 0.29) is 11.9 Å². The maximum atomic E-state index is 12.3. The molecule has 0 spiro atoms. The minimum atomic E-state index is -0.0261. The Morgan fingerprint density at radius 2 is 1.96 bits per heavy atom. The Hall–Kier alpha value is -2.85. The highest BCUT2D eigenvalue weighted by Crippen LogP contribution is 2.19. The van der Waals surface area contributed by atoms with Crippen LogP contribution in [0.25, 0.3) is 17.0 Å². The molecular formula is C22H23N3O. The van der Waals surface area contributed by atoms with Gasteiger partial charge in [-0.1, -0.05) is 48.5 Å². The van der Waals surface area contributed by atoms with E-state index >= 15 is 0 Å². The highest BCUT2D eigenvalue weighted by molar-refractivity contribution is 5.96. The summed E-state index contributed by atoms with van der Waals surface area (Å²) >= 11 is 0. The lowest BCUT2D eigenvalue weighted by atomic mass is 10.1. The van der Waals surface area contributed by atoms with Gasteiger partial charge >= 0.3 is 0 Å². The lowest BCUT2D eigenvalue weighted by molar-refractivity contribution is -0.117. The summed E-state index contributed by atoms with van der Waals surface area (Å²) in [4.78, 5) is 17.9. The summed E-state index contributed by atoms with van der Waals surface area (Å²) in [5.74, 6) is -0.0261. The van der Waals surface area contributed by atoms with E-state index in [2.05, 4.69) is 45.5 Å². The molecular weight excluding hydrogens is 322 g/mol. The number of H-pyrrole nitrogens is 1. The van der Waals surface area contributed by atoms with Gasteiger partial charge in [-0.05, 0) is 29.7 Å². The Morgan fingerprint density at radius 3 is 2.85 bits per heavy atom. The molecule has 0 bridgehead atoms. The van der Waals surface area contributed by atoms with Gasteiger partial charge in [0.05, 0.1) is 0 Å². The number of benzene rings is 2. The fraction of sp³-hybridized carbons (Fsp3) is 0.227. The van der Waals surface area contributed by atoms with E-state index in [0.717, 1.165) is 42.5 Å². The quantitative estimate of drug-likeness (QED) is 0.695. The van der Waals surface area contributed by atoms with Crippen LogP contribution in [0.15, 0.2) is 66.9 Å². The molecule has 4 rings (SSSR count). The third kappa shape index (κ3) is 3.86. The van der Waals surface area contributed by atoms with E-state index in [1.807, 2.05) is 36.5 Å². The van der Waals surface area contributed by atoms with E-state index in [1.165, 1.54) is 5.56 Å². The summed E-state index contributed by atoms with van der Waals surface area (Å²) in [6.07, 6.45) is 6.45. The maximum Gasteiger partial charge on any atom is 0.244 e. The van der Waals surface area contributed by atoms with Gasteiger partial charge in [0.15, 0.2) is 0 Å². The zero-order valence-corrected chi connectivity index (χ0v) is 14.7. The van der Waals surface area contributed by atoms with Crippen LogP contribution in [-0.4, -0.2) is 34.9 Å². The van der Waals surface area contributed by atoms with Crippen molar-refractivity contribution in [2.45, 2.75) is 19.0 Å². The van der Waals surface area contributed by atoms with Crippen LogP contribution >= 0.6 is 0 Å². The molecule has 4 heteroatoms. The summed E-state index contributed by atoms with van der Waals surface area (Å²) in [6, 6.07) is 18.8. The second-order valence-corrected chi connectivity index (χ2v) is 6.84. The van der Waals surface area contributed by atoms with Crippen molar-refractivity contribution in [3.05, 3.63) is 78.0 Å². The molecule has 1 aromatic heterocycles. The van der Waals surface area contributed by atoms with Crippen molar-refractivity contribution in [3.63, 3.8) is 0 Å². The first kappa shape index (κ1) is 16.6. The largest absolute Gasteiger partial charge is 0.361 e. The standard InChI is InChI=1S/C22H23N3O/c26-22(11-10-18-14-23-21-9-5-4-8-20(18)21)24-19-12-13-25(16-19)15-17-6-2-1-3-7-17/h1-11,14,19,23H,12-13,15-16H2,(H,24,26). The van der Waals surface area contributed by atoms with E-state index < -0.39 is 0 Å². The van der Waals surface area contributed by atoms with Crippen LogP contribution < -0.4 is 5.32 Å². The van der Waals surface area contributed by atoms with Crippen LogP contribution in [0.4, 0.5) is 0 Å². The molecule has 1 fully saturated rings. The maximum absolute atomic E-state index is 12.3. The molecule has 1 atom stereocenters. The van der Waals surface area contributed by atoms with Crippen molar-refractivity contribution < 1.29 is 4.79 Å². The summed E-state index contributed by atoms with van der Waals surface area (Å²) in [6.45, 7) is 2.87. The van der Waals surface area contributed by atoms with Gasteiger partial charge in [0.25, 0.3) is 0 Å². The van der Waals surface area contributed by atoms with Crippen molar-refractivity contribution in [2.75, 3.05) is 13.1 Å². The summed E-state index contributed by atoms with van der Waals surface area (Å²) < 4.78 is 0. The van der Waals surface area contributed by atoms with Gasteiger partial charge < -0.3 is 10.3 Å². The number of carbonyl (C=O) groups is 1. The van der Waals surface area contributed by atoms with E-state index in [0.29, 0.717) is 0 Å². The smallest absolute Gasteiger partial charge is 0.244 e. The average Bonchev–Trinajstić information content (AvgIpc) is 3.28. The van der Waals surface area contributed by atoms with Crippen LogP contribution in [0.2, 0.25) is 0 Å². The lowest BCUT2D eigenvalue weighted by Crippen LogP contribution is -2.35. The van der Waals surface area contributed by atoms with E-state index in [1.54, 1.807) is 6.08 Å². The lowest BCUT2D eigenvalue weighted by Gasteiger charge is -2.16. The number of carbonyl (C=O) groups excluding carboxylic acids is 1. The molecule has 2 N–H and O–H groups in total. The number of rotatable bonds is 5. The predicted octanol–water partition coefficient (Wildman–Crippen LogP) is 3.57. The zero-order chi connectivity index (χ0) is 17.8. The Morgan fingerprint density at radius 1 is 1.15 bits per heavy atom. The second-order valence-electron chi connectivity index (χ2n) is 6.84. The number of nitrogens with one attached hydrogen (secondary N) is 2. The van der Waals surface area contributed by atoms with Gasteiger partial charge in [-0.15, -0.1) is 0 Å². The van der Waals surface area contributed by atoms with Crippen molar-refractivity contribution in [1.29, 1.82) is 0 Å². The number of nitrogens with zero attached hydrogens (tertiary/aromatic N) is 1. The van der Waals surface area contributed by atoms with Crippen LogP contribution in [0.1, 0.15) is 17.5 Å². The summed E-state index contributed by atoms with van der Waals surface area (Å²) in [7, 11) is 0. The first-order chi connectivity index (χ1) is 12.8. The van der Waals surface area contributed by atoms with Gasteiger partial charge in [0.2, 0.25) is 5.91 Å².